The van der Waals surface area contributed by atoms with E-state index >= 15 is 0 Å². The van der Waals surface area contributed by atoms with Crippen molar-refractivity contribution >= 4 is 11.8 Å². The van der Waals surface area contributed by atoms with Gasteiger partial charge in [0.2, 0.25) is 0 Å². The summed E-state index contributed by atoms with van der Waals surface area (Å²) in [5, 5.41) is 8.78. The minimum Gasteiger partial charge on any atom is -0.482 e. The number of alkyl halides is 3. The molecule has 0 aliphatic rings. The number of carboxylic acid groups (broad SMARTS) is 1. The number of halogens is 3. The van der Waals surface area contributed by atoms with E-state index in [1.54, 1.807) is 12.3 Å². The maximum Gasteiger partial charge on any atom is 0.416 e. The number of aliphatic carboxylic acids is 1. The quantitative estimate of drug-likeness (QED) is 0.465. The average molecular weight is 459 g/mol. The topological polar surface area (TPSA) is 75.5 Å². The molecule has 0 radical (unpaired) electrons. The number of anilines is 1. The van der Waals surface area contributed by atoms with Crippen molar-refractivity contribution in [1.82, 2.24) is 9.97 Å². The Morgan fingerprint density at radius 3 is 2.45 bits per heavy atom. The first-order valence-corrected chi connectivity index (χ1v) is 10.4. The zero-order valence-electron chi connectivity index (χ0n) is 18.3. The Kier molecular flexibility index (Phi) is 7.52. The van der Waals surface area contributed by atoms with Crippen LogP contribution < -0.4 is 9.64 Å². The first-order chi connectivity index (χ1) is 15.7. The second kappa shape index (κ2) is 10.3. The van der Waals surface area contributed by atoms with Gasteiger partial charge in [0.05, 0.1) is 23.7 Å². The van der Waals surface area contributed by atoms with Crippen LogP contribution in [0, 0.1) is 6.92 Å². The van der Waals surface area contributed by atoms with Gasteiger partial charge in [-0.3, -0.25) is 4.98 Å². The lowest BCUT2D eigenvalue weighted by molar-refractivity contribution is -0.139. The van der Waals surface area contributed by atoms with E-state index in [-0.39, 0.29) is 0 Å². The molecule has 0 aliphatic heterocycles. The van der Waals surface area contributed by atoms with Gasteiger partial charge in [-0.25, -0.2) is 9.78 Å². The summed E-state index contributed by atoms with van der Waals surface area (Å²) in [6.45, 7) is 4.69. The highest BCUT2D eigenvalue weighted by Gasteiger charge is 2.30. The van der Waals surface area contributed by atoms with Crippen molar-refractivity contribution in [3.63, 3.8) is 0 Å². The fourth-order valence-corrected chi connectivity index (χ4v) is 3.35. The van der Waals surface area contributed by atoms with Gasteiger partial charge in [0.1, 0.15) is 11.6 Å². The summed E-state index contributed by atoms with van der Waals surface area (Å²) in [5.74, 6) is 0.0736. The van der Waals surface area contributed by atoms with Crippen LogP contribution in [0.25, 0.3) is 11.3 Å². The van der Waals surface area contributed by atoms with Crippen LogP contribution in [-0.2, 0) is 17.5 Å². The molecule has 3 aromatic rings. The van der Waals surface area contributed by atoms with E-state index in [2.05, 4.69) is 9.97 Å². The summed E-state index contributed by atoms with van der Waals surface area (Å²) in [6.07, 6.45) is -0.392. The first kappa shape index (κ1) is 24.0. The predicted molar refractivity (Wildman–Crippen MR) is 118 cm³/mol. The Balaban J connectivity index is 1.81. The van der Waals surface area contributed by atoms with Crippen molar-refractivity contribution < 1.29 is 27.8 Å². The van der Waals surface area contributed by atoms with Crippen LogP contribution in [0.4, 0.5) is 19.0 Å². The molecule has 9 heteroatoms. The number of aromatic nitrogens is 2. The van der Waals surface area contributed by atoms with E-state index < -0.39 is 24.3 Å². The Hall–Kier alpha value is -3.62. The third kappa shape index (κ3) is 6.44. The van der Waals surface area contributed by atoms with E-state index in [0.717, 1.165) is 29.7 Å². The van der Waals surface area contributed by atoms with Crippen LogP contribution in [0.3, 0.4) is 0 Å². The summed E-state index contributed by atoms with van der Waals surface area (Å²) in [7, 11) is 0. The summed E-state index contributed by atoms with van der Waals surface area (Å²) in [4.78, 5) is 21.6. The van der Waals surface area contributed by atoms with E-state index in [0.29, 0.717) is 35.9 Å². The van der Waals surface area contributed by atoms with Crippen molar-refractivity contribution in [2.75, 3.05) is 18.1 Å². The van der Waals surface area contributed by atoms with Crippen LogP contribution in [0.15, 0.2) is 54.9 Å². The smallest absolute Gasteiger partial charge is 0.416 e. The summed E-state index contributed by atoms with van der Waals surface area (Å²) < 4.78 is 43.8. The summed E-state index contributed by atoms with van der Waals surface area (Å²) in [5.41, 5.74) is 2.11. The number of carbonyl (C=O) groups is 1. The molecule has 0 saturated carbocycles. The van der Waals surface area contributed by atoms with Gasteiger partial charge in [0.15, 0.2) is 6.61 Å². The fraction of sp³-hybridized carbons (Fsp3) is 0.292. The Morgan fingerprint density at radius 2 is 1.85 bits per heavy atom. The van der Waals surface area contributed by atoms with Gasteiger partial charge in [0, 0.05) is 18.7 Å². The van der Waals surface area contributed by atoms with Crippen molar-refractivity contribution in [3.05, 3.63) is 71.5 Å². The number of nitrogens with zero attached hydrogens (tertiary/aromatic N) is 3. The largest absolute Gasteiger partial charge is 0.482 e. The highest BCUT2D eigenvalue weighted by atomic mass is 19.4. The molecule has 1 heterocycles. The third-order valence-corrected chi connectivity index (χ3v) is 4.91. The summed E-state index contributed by atoms with van der Waals surface area (Å²) >= 11 is 0. The molecule has 33 heavy (non-hydrogen) atoms. The second-order valence-corrected chi connectivity index (χ2v) is 7.54. The lowest BCUT2D eigenvalue weighted by Gasteiger charge is -2.24. The van der Waals surface area contributed by atoms with Crippen molar-refractivity contribution in [2.24, 2.45) is 0 Å². The number of hydrogen-bond donors (Lipinski definition) is 1. The second-order valence-electron chi connectivity index (χ2n) is 7.54. The third-order valence-electron chi connectivity index (χ3n) is 4.91. The summed E-state index contributed by atoms with van der Waals surface area (Å²) in [6, 6.07) is 10.4. The lowest BCUT2D eigenvalue weighted by atomic mass is 10.1. The Bertz CT molecular complexity index is 1100. The van der Waals surface area contributed by atoms with Gasteiger partial charge in [0.25, 0.3) is 0 Å². The Labute approximate surface area is 189 Å². The zero-order chi connectivity index (χ0) is 24.0. The fourth-order valence-electron chi connectivity index (χ4n) is 3.35. The van der Waals surface area contributed by atoms with Gasteiger partial charge >= 0.3 is 12.1 Å². The SMILES string of the molecule is CCCN(Cc1ccc(OCC(=O)O)c(C)c1)c1cncc(-c2ccc(C(F)(F)F)cc2)n1. The van der Waals surface area contributed by atoms with Gasteiger partial charge in [-0.1, -0.05) is 31.2 Å². The molecule has 3 rings (SSSR count). The maximum absolute atomic E-state index is 12.8. The van der Waals surface area contributed by atoms with Gasteiger partial charge in [-0.15, -0.1) is 0 Å². The molecule has 1 N–H and O–H groups in total. The molecule has 0 unspecified atom stereocenters. The van der Waals surface area contributed by atoms with Crippen LogP contribution in [0.5, 0.6) is 5.75 Å². The van der Waals surface area contributed by atoms with Crippen LogP contribution in [-0.4, -0.2) is 34.2 Å². The average Bonchev–Trinajstić information content (AvgIpc) is 2.78. The number of hydrogen-bond acceptors (Lipinski definition) is 5. The molecule has 6 nitrogen and oxygen atoms in total. The monoisotopic (exact) mass is 459 g/mol. The van der Waals surface area contributed by atoms with Gasteiger partial charge < -0.3 is 14.7 Å². The molecule has 1 aromatic heterocycles. The van der Waals surface area contributed by atoms with E-state index in [1.807, 2.05) is 30.9 Å². The standard InChI is InChI=1S/C24H24F3N3O3/c1-3-10-30(14-17-4-9-21(16(2)11-17)33-15-23(31)32)22-13-28-12-20(29-22)18-5-7-19(8-6-18)24(25,26)27/h4-9,11-13H,3,10,14-15H2,1-2H3,(H,31,32). The lowest BCUT2D eigenvalue weighted by Crippen LogP contribution is -2.25. The predicted octanol–water partition coefficient (Wildman–Crippen LogP) is 5.35. The molecule has 0 bridgehead atoms. The van der Waals surface area contributed by atoms with Crippen LogP contribution in [0.2, 0.25) is 0 Å². The number of rotatable bonds is 9. The van der Waals surface area contributed by atoms with Crippen molar-refractivity contribution in [2.45, 2.75) is 33.0 Å². The van der Waals surface area contributed by atoms with E-state index in [4.69, 9.17) is 9.84 Å². The molecule has 0 saturated heterocycles. The molecule has 0 spiro atoms. The first-order valence-electron chi connectivity index (χ1n) is 10.4. The van der Waals surface area contributed by atoms with Crippen LogP contribution in [0.1, 0.15) is 30.0 Å². The van der Waals surface area contributed by atoms with Crippen LogP contribution >= 0.6 is 0 Å². The molecule has 0 amide bonds. The Morgan fingerprint density at radius 1 is 1.12 bits per heavy atom. The van der Waals surface area contributed by atoms with Crippen molar-refractivity contribution in [3.8, 4) is 17.0 Å². The minimum atomic E-state index is -4.39. The molecule has 0 atom stereocenters. The number of ether oxygens (including phenoxy) is 1. The molecular weight excluding hydrogens is 435 g/mol. The van der Waals surface area contributed by atoms with Gasteiger partial charge in [-0.05, 0) is 42.7 Å². The number of benzene rings is 2. The normalized spacial score (nSPS) is 11.3. The maximum atomic E-state index is 12.8. The molecule has 0 fully saturated rings. The zero-order valence-corrected chi connectivity index (χ0v) is 18.3. The molecule has 174 valence electrons. The van der Waals surface area contributed by atoms with Gasteiger partial charge in [-0.2, -0.15) is 13.2 Å². The minimum absolute atomic E-state index is 0.408. The molecule has 0 aliphatic carbocycles. The molecule has 2 aromatic carbocycles. The molecular formula is C24H24F3N3O3. The highest BCUT2D eigenvalue weighted by Crippen LogP contribution is 2.31. The number of aryl methyl sites for hydroxylation is 1. The number of carboxylic acids is 1. The van der Waals surface area contributed by atoms with E-state index in [9.17, 15) is 18.0 Å². The highest BCUT2D eigenvalue weighted by molar-refractivity contribution is 5.68. The van der Waals surface area contributed by atoms with E-state index in [1.165, 1.54) is 18.3 Å². The van der Waals surface area contributed by atoms with Crippen molar-refractivity contribution in [1.29, 1.82) is 0 Å².